The lowest BCUT2D eigenvalue weighted by Crippen LogP contribution is -2.41. The van der Waals surface area contributed by atoms with E-state index in [9.17, 15) is 8.42 Å². The molecule has 2 N–H and O–H groups in total. The van der Waals surface area contributed by atoms with Crippen molar-refractivity contribution in [3.63, 3.8) is 0 Å². The zero-order valence-electron chi connectivity index (χ0n) is 15.3. The fraction of sp³-hybridized carbons (Fsp3) is 0.667. The van der Waals surface area contributed by atoms with Crippen LogP contribution in [-0.4, -0.2) is 45.1 Å². The minimum Gasteiger partial charge on any atom is -0.378 e. The summed E-state index contributed by atoms with van der Waals surface area (Å²) >= 11 is 0. The molecule has 0 amide bonds. The number of benzene rings is 1. The molecule has 0 unspecified atom stereocenters. The van der Waals surface area contributed by atoms with Crippen LogP contribution in [0, 0.1) is 27.7 Å². The molecule has 0 saturated carbocycles. The Kier molecular flexibility index (Phi) is 6.42. The van der Waals surface area contributed by atoms with Crippen LogP contribution in [0.3, 0.4) is 0 Å². The Balaban J connectivity index is 2.16. The van der Waals surface area contributed by atoms with Gasteiger partial charge in [-0.1, -0.05) is 6.07 Å². The molecule has 1 fully saturated rings. The van der Waals surface area contributed by atoms with E-state index >= 15 is 0 Å². The van der Waals surface area contributed by atoms with Gasteiger partial charge in [-0.3, -0.25) is 0 Å². The molecule has 0 radical (unpaired) electrons. The van der Waals surface area contributed by atoms with Gasteiger partial charge < -0.3 is 10.5 Å². The lowest BCUT2D eigenvalue weighted by atomic mass is 10.0. The zero-order chi connectivity index (χ0) is 17.9. The fourth-order valence-electron chi connectivity index (χ4n) is 3.27. The predicted molar refractivity (Wildman–Crippen MR) is 96.8 cm³/mol. The molecule has 0 spiro atoms. The number of nitrogens with two attached hydrogens (primary N) is 1. The topological polar surface area (TPSA) is 72.6 Å². The lowest BCUT2D eigenvalue weighted by molar-refractivity contribution is 0.0209. The number of hydrogen-bond acceptors (Lipinski definition) is 4. The Hall–Kier alpha value is -0.950. The summed E-state index contributed by atoms with van der Waals surface area (Å²) in [5, 5.41) is 0. The standard InChI is InChI=1S/C18H30N2O3S/c1-13-12-14(2)16(4)18(15(13)3)24(21,22)20-9-6-17(7-10-20)23-11-5-8-19/h12,17H,5-11,19H2,1-4H3. The van der Waals surface area contributed by atoms with Crippen LogP contribution in [0.2, 0.25) is 0 Å². The van der Waals surface area contributed by atoms with Crippen LogP contribution in [0.1, 0.15) is 41.5 Å². The second-order valence-electron chi connectivity index (χ2n) is 6.71. The van der Waals surface area contributed by atoms with Gasteiger partial charge in [-0.15, -0.1) is 0 Å². The number of piperidine rings is 1. The van der Waals surface area contributed by atoms with Gasteiger partial charge in [-0.05, 0) is 75.8 Å². The number of rotatable bonds is 6. The van der Waals surface area contributed by atoms with Gasteiger partial charge in [0.15, 0.2) is 0 Å². The van der Waals surface area contributed by atoms with E-state index in [1.165, 1.54) is 0 Å². The number of nitrogens with zero attached hydrogens (tertiary/aromatic N) is 1. The maximum Gasteiger partial charge on any atom is 0.243 e. The first-order valence-corrected chi connectivity index (χ1v) is 10.1. The van der Waals surface area contributed by atoms with E-state index in [1.807, 2.05) is 27.7 Å². The van der Waals surface area contributed by atoms with Crippen LogP contribution >= 0.6 is 0 Å². The Morgan fingerprint density at radius 1 is 1.12 bits per heavy atom. The van der Waals surface area contributed by atoms with E-state index < -0.39 is 10.0 Å². The maximum absolute atomic E-state index is 13.2. The smallest absolute Gasteiger partial charge is 0.243 e. The summed E-state index contributed by atoms with van der Waals surface area (Å²) in [6.45, 7) is 10.1. The molecule has 0 aliphatic carbocycles. The van der Waals surface area contributed by atoms with Gasteiger partial charge in [0.05, 0.1) is 11.0 Å². The molecule has 1 aromatic carbocycles. The van der Waals surface area contributed by atoms with Gasteiger partial charge >= 0.3 is 0 Å². The average molecular weight is 355 g/mol. The average Bonchev–Trinajstić information content (AvgIpc) is 2.54. The van der Waals surface area contributed by atoms with Gasteiger partial charge in [0.25, 0.3) is 0 Å². The molecular formula is C18H30N2O3S. The van der Waals surface area contributed by atoms with Crippen molar-refractivity contribution in [2.75, 3.05) is 26.2 Å². The third-order valence-electron chi connectivity index (χ3n) is 5.00. The van der Waals surface area contributed by atoms with Crippen molar-refractivity contribution in [3.8, 4) is 0 Å². The third-order valence-corrected chi connectivity index (χ3v) is 7.17. The summed E-state index contributed by atoms with van der Waals surface area (Å²) in [5.74, 6) is 0. The number of ether oxygens (including phenoxy) is 1. The molecule has 24 heavy (non-hydrogen) atoms. The molecule has 6 heteroatoms. The van der Waals surface area contributed by atoms with Crippen LogP contribution in [0.5, 0.6) is 0 Å². The Labute approximate surface area is 146 Å². The highest BCUT2D eigenvalue weighted by atomic mass is 32.2. The van der Waals surface area contributed by atoms with Crippen LogP contribution in [0.4, 0.5) is 0 Å². The van der Waals surface area contributed by atoms with Crippen molar-refractivity contribution >= 4 is 10.0 Å². The van der Waals surface area contributed by atoms with Crippen molar-refractivity contribution < 1.29 is 13.2 Å². The monoisotopic (exact) mass is 354 g/mol. The highest BCUT2D eigenvalue weighted by molar-refractivity contribution is 7.89. The van der Waals surface area contributed by atoms with Gasteiger partial charge in [0.2, 0.25) is 10.0 Å². The van der Waals surface area contributed by atoms with Crippen LogP contribution in [-0.2, 0) is 14.8 Å². The van der Waals surface area contributed by atoms with E-state index in [4.69, 9.17) is 10.5 Å². The summed E-state index contributed by atoms with van der Waals surface area (Å²) < 4.78 is 33.7. The Morgan fingerprint density at radius 3 is 2.17 bits per heavy atom. The van der Waals surface area contributed by atoms with E-state index in [2.05, 4.69) is 6.07 Å². The summed E-state index contributed by atoms with van der Waals surface area (Å²) in [5.41, 5.74) is 9.24. The first-order chi connectivity index (χ1) is 11.3. The molecule has 0 bridgehead atoms. The first kappa shape index (κ1) is 19.4. The Bertz CT molecular complexity index is 652. The highest BCUT2D eigenvalue weighted by Gasteiger charge is 2.32. The lowest BCUT2D eigenvalue weighted by Gasteiger charge is -2.32. The predicted octanol–water partition coefficient (Wildman–Crippen LogP) is 2.44. The third kappa shape index (κ3) is 3.99. The minimum atomic E-state index is -3.46. The van der Waals surface area contributed by atoms with Crippen LogP contribution in [0.25, 0.3) is 0 Å². The van der Waals surface area contributed by atoms with Crippen molar-refractivity contribution in [2.45, 2.75) is 58.0 Å². The highest BCUT2D eigenvalue weighted by Crippen LogP contribution is 2.30. The molecule has 136 valence electrons. The summed E-state index contributed by atoms with van der Waals surface area (Å²) in [7, 11) is -3.46. The zero-order valence-corrected chi connectivity index (χ0v) is 16.1. The molecular weight excluding hydrogens is 324 g/mol. The summed E-state index contributed by atoms with van der Waals surface area (Å²) in [6, 6.07) is 2.06. The number of hydrogen-bond donors (Lipinski definition) is 1. The van der Waals surface area contributed by atoms with Crippen molar-refractivity contribution in [2.24, 2.45) is 5.73 Å². The van der Waals surface area contributed by atoms with Crippen LogP contribution in [0.15, 0.2) is 11.0 Å². The van der Waals surface area contributed by atoms with E-state index in [1.54, 1.807) is 4.31 Å². The van der Waals surface area contributed by atoms with E-state index in [0.29, 0.717) is 31.1 Å². The molecule has 1 aromatic rings. The molecule has 1 heterocycles. The minimum absolute atomic E-state index is 0.143. The molecule has 2 rings (SSSR count). The molecule has 1 aliphatic heterocycles. The van der Waals surface area contributed by atoms with Gasteiger partial charge in [-0.25, -0.2) is 8.42 Å². The van der Waals surface area contributed by atoms with Gasteiger partial charge in [-0.2, -0.15) is 4.31 Å². The fourth-order valence-corrected chi connectivity index (χ4v) is 5.31. The largest absolute Gasteiger partial charge is 0.378 e. The van der Waals surface area contributed by atoms with Crippen molar-refractivity contribution in [1.29, 1.82) is 0 Å². The van der Waals surface area contributed by atoms with Crippen LogP contribution < -0.4 is 5.73 Å². The molecule has 5 nitrogen and oxygen atoms in total. The summed E-state index contributed by atoms with van der Waals surface area (Å²) in [4.78, 5) is 0.488. The number of aryl methyl sites for hydroxylation is 2. The molecule has 0 aromatic heterocycles. The number of sulfonamides is 1. The quantitative estimate of drug-likeness (QED) is 0.797. The van der Waals surface area contributed by atoms with Crippen molar-refractivity contribution in [3.05, 3.63) is 28.3 Å². The molecule has 1 saturated heterocycles. The maximum atomic E-state index is 13.2. The summed E-state index contributed by atoms with van der Waals surface area (Å²) in [6.07, 6.45) is 2.48. The second kappa shape index (κ2) is 7.95. The molecule has 0 atom stereocenters. The molecule has 1 aliphatic rings. The SMILES string of the molecule is Cc1cc(C)c(C)c(S(=O)(=O)N2CCC(OCCCN)CC2)c1C. The normalized spacial score (nSPS) is 17.4. The van der Waals surface area contributed by atoms with E-state index in [-0.39, 0.29) is 6.10 Å². The van der Waals surface area contributed by atoms with Crippen molar-refractivity contribution in [1.82, 2.24) is 4.31 Å². The second-order valence-corrected chi connectivity index (χ2v) is 8.58. The first-order valence-electron chi connectivity index (χ1n) is 8.68. The van der Waals surface area contributed by atoms with Gasteiger partial charge in [0, 0.05) is 19.7 Å². The Morgan fingerprint density at radius 2 is 1.67 bits per heavy atom. The van der Waals surface area contributed by atoms with E-state index in [0.717, 1.165) is 41.5 Å². The van der Waals surface area contributed by atoms with Gasteiger partial charge in [0.1, 0.15) is 0 Å².